The summed E-state index contributed by atoms with van der Waals surface area (Å²) in [6, 6.07) is 0. The Morgan fingerprint density at radius 1 is 1.28 bits per heavy atom. The van der Waals surface area contributed by atoms with Gasteiger partial charge in [-0.25, -0.2) is 8.78 Å². The number of carbonyl (C=O) groups excluding carboxylic acids is 2. The fraction of sp³-hybridized carbons (Fsp3) is 0.833. The Balaban J connectivity index is 2.33. The van der Waals surface area contributed by atoms with Gasteiger partial charge in [-0.2, -0.15) is 0 Å². The van der Waals surface area contributed by atoms with Crippen LogP contribution in [-0.2, 0) is 9.59 Å². The molecule has 1 spiro atoms. The van der Waals surface area contributed by atoms with Crippen LogP contribution in [0.2, 0.25) is 0 Å². The van der Waals surface area contributed by atoms with Crippen LogP contribution in [0.5, 0.6) is 0 Å². The lowest BCUT2D eigenvalue weighted by atomic mass is 9.86. The number of nitrogens with one attached hydrogen (secondary N) is 1. The van der Waals surface area contributed by atoms with Crippen LogP contribution in [0.4, 0.5) is 8.78 Å². The van der Waals surface area contributed by atoms with Crippen molar-refractivity contribution in [2.45, 2.75) is 57.0 Å². The Morgan fingerprint density at radius 3 is 2.33 bits per heavy atom. The van der Waals surface area contributed by atoms with E-state index >= 15 is 0 Å². The van der Waals surface area contributed by atoms with Crippen molar-refractivity contribution in [1.29, 1.82) is 0 Å². The van der Waals surface area contributed by atoms with Crippen LogP contribution in [-0.4, -0.2) is 40.8 Å². The number of halogens is 2. The van der Waals surface area contributed by atoms with Crippen molar-refractivity contribution in [1.82, 2.24) is 10.2 Å². The summed E-state index contributed by atoms with van der Waals surface area (Å²) in [6.07, 6.45) is 0.155. The molecule has 1 heterocycles. The lowest BCUT2D eigenvalue weighted by Gasteiger charge is -2.48. The third kappa shape index (κ3) is 1.87. The third-order valence-electron chi connectivity index (χ3n) is 4.02. The fourth-order valence-electron chi connectivity index (χ4n) is 2.83. The molecule has 0 atom stereocenters. The van der Waals surface area contributed by atoms with Crippen LogP contribution < -0.4 is 5.32 Å². The maximum Gasteiger partial charge on any atom is 0.255 e. The van der Waals surface area contributed by atoms with E-state index in [-0.39, 0.29) is 11.8 Å². The first-order chi connectivity index (χ1) is 8.29. The van der Waals surface area contributed by atoms with Gasteiger partial charge in [-0.1, -0.05) is 12.8 Å². The molecular weight excluding hydrogens is 242 g/mol. The molecule has 0 unspecified atom stereocenters. The van der Waals surface area contributed by atoms with Crippen molar-refractivity contribution in [2.24, 2.45) is 0 Å². The zero-order valence-electron chi connectivity index (χ0n) is 10.6. The van der Waals surface area contributed by atoms with Crippen LogP contribution in [0.1, 0.15) is 39.5 Å². The van der Waals surface area contributed by atoms with E-state index in [9.17, 15) is 18.4 Å². The molecule has 0 aromatic carbocycles. The standard InChI is InChI=1S/C12H18F2N2O2/c1-11(2)9(17)15-12(5-3-4-6-12)10(18)16(11)7-8(13)14/h8H,3-7H2,1-2H3,(H,15,17). The van der Waals surface area contributed by atoms with E-state index < -0.39 is 24.0 Å². The normalized spacial score (nSPS) is 25.9. The molecule has 0 aromatic rings. The molecule has 1 saturated heterocycles. The van der Waals surface area contributed by atoms with Crippen LogP contribution in [0.15, 0.2) is 0 Å². The van der Waals surface area contributed by atoms with Gasteiger partial charge in [0, 0.05) is 0 Å². The Kier molecular flexibility index (Phi) is 3.07. The summed E-state index contributed by atoms with van der Waals surface area (Å²) in [5, 5.41) is 2.76. The van der Waals surface area contributed by atoms with Crippen molar-refractivity contribution >= 4 is 11.8 Å². The monoisotopic (exact) mass is 260 g/mol. The molecule has 4 nitrogen and oxygen atoms in total. The molecule has 2 rings (SSSR count). The first kappa shape index (κ1) is 13.2. The van der Waals surface area contributed by atoms with Crippen LogP contribution in [0, 0.1) is 0 Å². The van der Waals surface area contributed by atoms with E-state index in [1.165, 1.54) is 13.8 Å². The summed E-state index contributed by atoms with van der Waals surface area (Å²) in [7, 11) is 0. The summed E-state index contributed by atoms with van der Waals surface area (Å²) in [5.74, 6) is -0.699. The minimum absolute atomic E-state index is 0.343. The Labute approximate surface area is 105 Å². The molecule has 1 aliphatic heterocycles. The molecule has 18 heavy (non-hydrogen) atoms. The number of alkyl halides is 2. The van der Waals surface area contributed by atoms with Gasteiger partial charge in [0.05, 0.1) is 6.54 Å². The minimum atomic E-state index is -2.63. The van der Waals surface area contributed by atoms with E-state index in [1.54, 1.807) is 0 Å². The highest BCUT2D eigenvalue weighted by Gasteiger charge is 2.55. The highest BCUT2D eigenvalue weighted by atomic mass is 19.3. The zero-order valence-corrected chi connectivity index (χ0v) is 10.6. The molecule has 6 heteroatoms. The van der Waals surface area contributed by atoms with Crippen molar-refractivity contribution in [3.05, 3.63) is 0 Å². The van der Waals surface area contributed by atoms with Gasteiger partial charge in [-0.05, 0) is 26.7 Å². The molecular formula is C12H18F2N2O2. The van der Waals surface area contributed by atoms with Gasteiger partial charge in [0.1, 0.15) is 11.1 Å². The lowest BCUT2D eigenvalue weighted by Crippen LogP contribution is -2.73. The van der Waals surface area contributed by atoms with Crippen molar-refractivity contribution < 1.29 is 18.4 Å². The molecule has 1 saturated carbocycles. The van der Waals surface area contributed by atoms with Crippen molar-refractivity contribution in [3.63, 3.8) is 0 Å². The molecule has 1 N–H and O–H groups in total. The molecule has 1 aliphatic carbocycles. The van der Waals surface area contributed by atoms with Gasteiger partial charge in [0.15, 0.2) is 0 Å². The van der Waals surface area contributed by atoms with Crippen LogP contribution in [0.25, 0.3) is 0 Å². The number of carbonyl (C=O) groups is 2. The largest absolute Gasteiger partial charge is 0.340 e. The second-order valence-corrected chi connectivity index (χ2v) is 5.61. The number of rotatable bonds is 2. The molecule has 2 aliphatic rings. The first-order valence-electron chi connectivity index (χ1n) is 6.22. The summed E-state index contributed by atoms with van der Waals surface area (Å²) >= 11 is 0. The fourth-order valence-corrected chi connectivity index (χ4v) is 2.83. The van der Waals surface area contributed by atoms with Gasteiger partial charge < -0.3 is 10.2 Å². The summed E-state index contributed by atoms with van der Waals surface area (Å²) in [6.45, 7) is 2.33. The highest BCUT2D eigenvalue weighted by Crippen LogP contribution is 2.37. The molecule has 0 aromatic heterocycles. The van der Waals surface area contributed by atoms with Gasteiger partial charge >= 0.3 is 0 Å². The van der Waals surface area contributed by atoms with E-state index in [0.717, 1.165) is 17.7 Å². The maximum absolute atomic E-state index is 12.6. The van der Waals surface area contributed by atoms with E-state index in [4.69, 9.17) is 0 Å². The topological polar surface area (TPSA) is 49.4 Å². The lowest BCUT2D eigenvalue weighted by molar-refractivity contribution is -0.163. The maximum atomic E-state index is 12.6. The number of piperazine rings is 1. The Morgan fingerprint density at radius 2 is 1.83 bits per heavy atom. The number of amides is 2. The van der Waals surface area contributed by atoms with E-state index in [2.05, 4.69) is 5.32 Å². The average molecular weight is 260 g/mol. The van der Waals surface area contributed by atoms with Crippen molar-refractivity contribution in [2.75, 3.05) is 6.54 Å². The Hall–Kier alpha value is -1.20. The SMILES string of the molecule is CC1(C)C(=O)NC2(CCCC2)C(=O)N1CC(F)F. The van der Waals surface area contributed by atoms with Gasteiger partial charge in [-0.3, -0.25) is 9.59 Å². The number of hydrogen-bond donors (Lipinski definition) is 1. The van der Waals surface area contributed by atoms with E-state index in [0.29, 0.717) is 12.8 Å². The van der Waals surface area contributed by atoms with Crippen LogP contribution in [0.3, 0.4) is 0 Å². The molecule has 102 valence electrons. The summed E-state index contributed by atoms with van der Waals surface area (Å²) in [4.78, 5) is 25.5. The summed E-state index contributed by atoms with van der Waals surface area (Å²) in [5.41, 5.74) is -2.14. The highest BCUT2D eigenvalue weighted by molar-refractivity contribution is 6.02. The summed E-state index contributed by atoms with van der Waals surface area (Å²) < 4.78 is 25.2. The second-order valence-electron chi connectivity index (χ2n) is 5.61. The molecule has 0 radical (unpaired) electrons. The smallest absolute Gasteiger partial charge is 0.255 e. The molecule has 2 fully saturated rings. The Bertz CT molecular complexity index is 376. The second kappa shape index (κ2) is 4.17. The quantitative estimate of drug-likeness (QED) is 0.813. The predicted molar refractivity (Wildman–Crippen MR) is 61.1 cm³/mol. The molecule has 0 bridgehead atoms. The molecule has 2 amide bonds. The first-order valence-corrected chi connectivity index (χ1v) is 6.22. The third-order valence-corrected chi connectivity index (χ3v) is 4.02. The van der Waals surface area contributed by atoms with Gasteiger partial charge in [-0.15, -0.1) is 0 Å². The van der Waals surface area contributed by atoms with Crippen LogP contribution >= 0.6 is 0 Å². The number of nitrogens with zero attached hydrogens (tertiary/aromatic N) is 1. The number of hydrogen-bond acceptors (Lipinski definition) is 2. The van der Waals surface area contributed by atoms with Gasteiger partial charge in [0.2, 0.25) is 11.8 Å². The van der Waals surface area contributed by atoms with Crippen molar-refractivity contribution in [3.8, 4) is 0 Å². The van der Waals surface area contributed by atoms with Gasteiger partial charge in [0.25, 0.3) is 6.43 Å². The minimum Gasteiger partial charge on any atom is -0.340 e. The zero-order chi connectivity index (χ0) is 13.6. The van der Waals surface area contributed by atoms with E-state index in [1.807, 2.05) is 0 Å². The predicted octanol–water partition coefficient (Wildman–Crippen LogP) is 1.30. The average Bonchev–Trinajstić information content (AvgIpc) is 2.72.